The van der Waals surface area contributed by atoms with Crippen molar-refractivity contribution in [3.05, 3.63) is 65.0 Å². The second-order valence-electron chi connectivity index (χ2n) is 5.05. The summed E-state index contributed by atoms with van der Waals surface area (Å²) in [5.74, 6) is -1.32. The quantitative estimate of drug-likeness (QED) is 0.812. The highest BCUT2D eigenvalue weighted by Crippen LogP contribution is 2.31. The number of halogens is 1. The fourth-order valence-electron chi connectivity index (χ4n) is 2.50. The summed E-state index contributed by atoms with van der Waals surface area (Å²) in [4.78, 5) is 25.7. The number of benzene rings is 2. The van der Waals surface area contributed by atoms with E-state index in [1.54, 1.807) is 24.3 Å². The van der Waals surface area contributed by atoms with E-state index in [4.69, 9.17) is 0 Å². The summed E-state index contributed by atoms with van der Waals surface area (Å²) < 4.78 is 12.9. The van der Waals surface area contributed by atoms with Crippen molar-refractivity contribution in [2.75, 3.05) is 4.90 Å². The number of fused-ring (bicyclic) bond motifs is 1. The lowest BCUT2D eigenvalue weighted by Gasteiger charge is -2.16. The van der Waals surface area contributed by atoms with Crippen LogP contribution in [-0.2, 0) is 17.8 Å². The monoisotopic (exact) mass is 283 g/mol. The van der Waals surface area contributed by atoms with Crippen molar-refractivity contribution in [1.29, 1.82) is 0 Å². The summed E-state index contributed by atoms with van der Waals surface area (Å²) in [6.45, 7) is 2.27. The Morgan fingerprint density at radius 1 is 1.00 bits per heavy atom. The van der Waals surface area contributed by atoms with Crippen molar-refractivity contribution in [1.82, 2.24) is 0 Å². The fraction of sp³-hybridized carbons (Fsp3) is 0.176. The van der Waals surface area contributed by atoms with Crippen molar-refractivity contribution in [2.45, 2.75) is 19.9 Å². The topological polar surface area (TPSA) is 37.4 Å². The van der Waals surface area contributed by atoms with Gasteiger partial charge in [0.05, 0.1) is 17.8 Å². The second-order valence-corrected chi connectivity index (χ2v) is 5.05. The van der Waals surface area contributed by atoms with Crippen molar-refractivity contribution in [3.63, 3.8) is 0 Å². The molecular formula is C17H14FNO2. The minimum atomic E-state index is -0.525. The van der Waals surface area contributed by atoms with Gasteiger partial charge in [-0.2, -0.15) is 0 Å². The van der Waals surface area contributed by atoms with Crippen molar-refractivity contribution in [3.8, 4) is 0 Å². The van der Waals surface area contributed by atoms with Gasteiger partial charge in [-0.05, 0) is 41.8 Å². The molecule has 0 aliphatic carbocycles. The summed E-state index contributed by atoms with van der Waals surface area (Å²) in [5, 5.41) is 0. The average molecular weight is 283 g/mol. The number of amides is 1. The van der Waals surface area contributed by atoms with Crippen LogP contribution in [0.3, 0.4) is 0 Å². The first kappa shape index (κ1) is 13.5. The first-order chi connectivity index (χ1) is 10.1. The van der Waals surface area contributed by atoms with Crippen LogP contribution < -0.4 is 4.90 Å². The van der Waals surface area contributed by atoms with Crippen molar-refractivity contribution in [2.24, 2.45) is 0 Å². The minimum absolute atomic E-state index is 0.267. The van der Waals surface area contributed by atoms with Gasteiger partial charge in [-0.25, -0.2) is 4.39 Å². The van der Waals surface area contributed by atoms with Crippen molar-refractivity contribution < 1.29 is 14.0 Å². The third kappa shape index (κ3) is 2.33. The predicted molar refractivity (Wildman–Crippen MR) is 77.7 cm³/mol. The Hall–Kier alpha value is -2.49. The van der Waals surface area contributed by atoms with Gasteiger partial charge >= 0.3 is 0 Å². The Morgan fingerprint density at radius 2 is 1.67 bits per heavy atom. The number of nitrogens with zero attached hydrogens (tertiary/aromatic N) is 1. The van der Waals surface area contributed by atoms with Crippen LogP contribution in [0.5, 0.6) is 0 Å². The molecule has 0 atom stereocenters. The maximum Gasteiger partial charge on any atom is 0.299 e. The molecule has 0 N–H and O–H groups in total. The molecule has 1 aliphatic heterocycles. The normalized spacial score (nSPS) is 13.7. The zero-order chi connectivity index (χ0) is 15.0. The van der Waals surface area contributed by atoms with E-state index in [2.05, 4.69) is 0 Å². The van der Waals surface area contributed by atoms with Gasteiger partial charge in [-0.1, -0.05) is 25.1 Å². The number of ketones is 1. The molecule has 0 aromatic heterocycles. The number of hydrogen-bond donors (Lipinski definition) is 0. The van der Waals surface area contributed by atoms with Gasteiger partial charge in [0, 0.05) is 0 Å². The zero-order valence-electron chi connectivity index (χ0n) is 11.6. The van der Waals surface area contributed by atoms with Gasteiger partial charge in [-0.3, -0.25) is 9.59 Å². The second kappa shape index (κ2) is 5.13. The van der Waals surface area contributed by atoms with Crippen LogP contribution in [0.15, 0.2) is 42.5 Å². The third-order valence-electron chi connectivity index (χ3n) is 3.70. The molecule has 21 heavy (non-hydrogen) atoms. The zero-order valence-corrected chi connectivity index (χ0v) is 11.6. The van der Waals surface area contributed by atoms with Crippen LogP contribution in [0.4, 0.5) is 10.1 Å². The number of aryl methyl sites for hydroxylation is 1. The molecule has 106 valence electrons. The van der Waals surface area contributed by atoms with Crippen LogP contribution in [0.2, 0.25) is 0 Å². The summed E-state index contributed by atoms with van der Waals surface area (Å²) in [7, 11) is 0. The van der Waals surface area contributed by atoms with E-state index in [1.165, 1.54) is 17.0 Å². The van der Waals surface area contributed by atoms with Gasteiger partial charge in [0.25, 0.3) is 11.7 Å². The number of rotatable bonds is 3. The van der Waals surface area contributed by atoms with Crippen LogP contribution in [0, 0.1) is 5.82 Å². The molecule has 0 spiro atoms. The van der Waals surface area contributed by atoms with Gasteiger partial charge in [0.2, 0.25) is 0 Å². The molecule has 2 aromatic carbocycles. The van der Waals surface area contributed by atoms with Gasteiger partial charge in [-0.15, -0.1) is 0 Å². The van der Waals surface area contributed by atoms with Crippen LogP contribution in [-0.4, -0.2) is 11.7 Å². The number of carbonyl (C=O) groups excluding carboxylic acids is 2. The van der Waals surface area contributed by atoms with E-state index in [0.717, 1.165) is 17.5 Å². The summed E-state index contributed by atoms with van der Waals surface area (Å²) >= 11 is 0. The highest BCUT2D eigenvalue weighted by atomic mass is 19.1. The number of hydrogen-bond acceptors (Lipinski definition) is 2. The molecule has 4 heteroatoms. The Kier molecular flexibility index (Phi) is 3.29. The van der Waals surface area contributed by atoms with Gasteiger partial charge in [0.15, 0.2) is 0 Å². The minimum Gasteiger partial charge on any atom is -0.300 e. The molecule has 3 rings (SSSR count). The van der Waals surface area contributed by atoms with E-state index in [1.807, 2.05) is 13.0 Å². The molecular weight excluding hydrogens is 269 g/mol. The molecule has 1 amide bonds. The smallest absolute Gasteiger partial charge is 0.299 e. The van der Waals surface area contributed by atoms with Crippen LogP contribution >= 0.6 is 0 Å². The average Bonchev–Trinajstić information content (AvgIpc) is 2.74. The molecule has 0 unspecified atom stereocenters. The SMILES string of the molecule is CCc1ccc2c(c1)C(=O)C(=O)N2Cc1ccc(F)cc1. The molecule has 0 radical (unpaired) electrons. The summed E-state index contributed by atoms with van der Waals surface area (Å²) in [5.41, 5.74) is 2.90. The Labute approximate surface area is 122 Å². The largest absolute Gasteiger partial charge is 0.300 e. The van der Waals surface area contributed by atoms with Crippen LogP contribution in [0.25, 0.3) is 0 Å². The molecule has 0 bridgehead atoms. The highest BCUT2D eigenvalue weighted by Gasteiger charge is 2.35. The highest BCUT2D eigenvalue weighted by molar-refractivity contribution is 6.52. The lowest BCUT2D eigenvalue weighted by Crippen LogP contribution is -2.29. The molecule has 0 fully saturated rings. The van der Waals surface area contributed by atoms with E-state index >= 15 is 0 Å². The maximum absolute atomic E-state index is 12.9. The Bertz CT molecular complexity index is 722. The van der Waals surface area contributed by atoms with E-state index < -0.39 is 11.7 Å². The third-order valence-corrected chi connectivity index (χ3v) is 3.70. The van der Waals surface area contributed by atoms with Gasteiger partial charge in [0.1, 0.15) is 5.82 Å². The van der Waals surface area contributed by atoms with E-state index in [0.29, 0.717) is 11.3 Å². The summed E-state index contributed by atoms with van der Waals surface area (Å²) in [6, 6.07) is 11.4. The fourth-order valence-corrected chi connectivity index (χ4v) is 2.50. The first-order valence-electron chi connectivity index (χ1n) is 6.83. The Morgan fingerprint density at radius 3 is 2.33 bits per heavy atom. The van der Waals surface area contributed by atoms with Gasteiger partial charge < -0.3 is 4.90 Å². The lowest BCUT2D eigenvalue weighted by atomic mass is 10.1. The lowest BCUT2D eigenvalue weighted by molar-refractivity contribution is -0.114. The number of carbonyl (C=O) groups is 2. The molecule has 0 saturated heterocycles. The Balaban J connectivity index is 1.96. The molecule has 3 nitrogen and oxygen atoms in total. The summed E-state index contributed by atoms with van der Waals surface area (Å²) in [6.07, 6.45) is 0.812. The number of anilines is 1. The van der Waals surface area contributed by atoms with E-state index in [-0.39, 0.29) is 12.4 Å². The predicted octanol–water partition coefficient (Wildman–Crippen LogP) is 3.12. The first-order valence-corrected chi connectivity index (χ1v) is 6.83. The molecule has 0 saturated carbocycles. The molecule has 1 aliphatic rings. The molecule has 2 aromatic rings. The number of Topliss-reactive ketones (excluding diaryl/α,β-unsaturated/α-hetero) is 1. The van der Waals surface area contributed by atoms with Crippen molar-refractivity contribution >= 4 is 17.4 Å². The van der Waals surface area contributed by atoms with E-state index in [9.17, 15) is 14.0 Å². The maximum atomic E-state index is 12.9. The standard InChI is InChI=1S/C17H14FNO2/c1-2-11-5-8-15-14(9-11)16(20)17(21)19(15)10-12-3-6-13(18)7-4-12/h3-9H,2,10H2,1H3. The van der Waals surface area contributed by atoms with Crippen LogP contribution in [0.1, 0.15) is 28.4 Å². The molecule has 1 heterocycles.